The number of hydrogen-bond acceptors (Lipinski definition) is 3. The van der Waals surface area contributed by atoms with Crippen LogP contribution in [-0.4, -0.2) is 22.8 Å². The number of carbonyl (C=O) groups excluding carboxylic acids is 2. The molecule has 2 aromatic carbocycles. The highest BCUT2D eigenvalue weighted by Crippen LogP contribution is 2.28. The van der Waals surface area contributed by atoms with Crippen molar-refractivity contribution in [2.75, 3.05) is 16.5 Å². The number of benzene rings is 2. The largest absolute Gasteiger partial charge is 0.507 e. The molecule has 120 valence electrons. The zero-order valence-corrected chi connectivity index (χ0v) is 13.8. The van der Waals surface area contributed by atoms with Gasteiger partial charge < -0.3 is 15.7 Å². The lowest BCUT2D eigenvalue weighted by Gasteiger charge is -2.10. The number of phenols is 1. The predicted octanol–water partition coefficient (Wildman–Crippen LogP) is 4.13. The third-order valence-corrected chi connectivity index (χ3v) is 3.62. The highest BCUT2D eigenvalue weighted by Gasteiger charge is 2.14. The van der Waals surface area contributed by atoms with Crippen LogP contribution in [0.5, 0.6) is 5.75 Å². The molecule has 0 heterocycles. The Morgan fingerprint density at radius 1 is 1.04 bits per heavy atom. The van der Waals surface area contributed by atoms with Gasteiger partial charge in [0.2, 0.25) is 5.91 Å². The molecule has 0 bridgehead atoms. The number of rotatable bonds is 4. The van der Waals surface area contributed by atoms with Crippen LogP contribution in [0.2, 0.25) is 10.0 Å². The molecule has 0 saturated heterocycles. The minimum absolute atomic E-state index is 0.0214. The monoisotopic (exact) mass is 372 g/mol. The van der Waals surface area contributed by atoms with E-state index in [1.807, 2.05) is 0 Å². The molecule has 0 fully saturated rings. The second-order valence-corrected chi connectivity index (χ2v) is 5.60. The summed E-state index contributed by atoms with van der Waals surface area (Å²) in [5.74, 6) is -1.31. The molecule has 3 N–H and O–H groups in total. The maximum absolute atomic E-state index is 12.2. The molecule has 0 atom stereocenters. The average Bonchev–Trinajstić information content (AvgIpc) is 2.52. The normalized spacial score (nSPS) is 10.2. The molecule has 0 radical (unpaired) electrons. The number of anilines is 2. The van der Waals surface area contributed by atoms with E-state index in [0.717, 1.165) is 0 Å². The van der Waals surface area contributed by atoms with Crippen molar-refractivity contribution in [2.24, 2.45) is 0 Å². The molecule has 0 aliphatic carbocycles. The van der Waals surface area contributed by atoms with E-state index in [-0.39, 0.29) is 28.1 Å². The summed E-state index contributed by atoms with van der Waals surface area (Å²) in [4.78, 5) is 23.4. The first-order chi connectivity index (χ1) is 10.9. The second kappa shape index (κ2) is 7.55. The fourth-order valence-electron chi connectivity index (χ4n) is 1.77. The van der Waals surface area contributed by atoms with Gasteiger partial charge in [0.05, 0.1) is 16.3 Å². The van der Waals surface area contributed by atoms with E-state index >= 15 is 0 Å². The molecule has 23 heavy (non-hydrogen) atoms. The molecule has 0 aliphatic heterocycles. The van der Waals surface area contributed by atoms with Gasteiger partial charge in [0, 0.05) is 10.7 Å². The van der Waals surface area contributed by atoms with Crippen LogP contribution in [0, 0.1) is 0 Å². The Labute approximate surface area is 147 Å². The van der Waals surface area contributed by atoms with E-state index in [2.05, 4.69) is 10.6 Å². The Morgan fingerprint density at radius 2 is 1.78 bits per heavy atom. The molecule has 0 aliphatic rings. The highest BCUT2D eigenvalue weighted by molar-refractivity contribution is 6.34. The SMILES string of the molecule is O=C(CCl)Nc1ccc(NC(=O)c2cc(Cl)ccc2O)c(Cl)c1. The van der Waals surface area contributed by atoms with Crippen molar-refractivity contribution in [3.8, 4) is 5.75 Å². The quantitative estimate of drug-likeness (QED) is 0.705. The number of phenolic OH excluding ortho intramolecular Hbond substituents is 1. The van der Waals surface area contributed by atoms with Crippen molar-refractivity contribution in [3.05, 3.63) is 52.0 Å². The summed E-state index contributed by atoms with van der Waals surface area (Å²) in [7, 11) is 0. The summed E-state index contributed by atoms with van der Waals surface area (Å²) in [6.45, 7) is 0. The maximum atomic E-state index is 12.2. The Balaban J connectivity index is 2.18. The van der Waals surface area contributed by atoms with Crippen LogP contribution >= 0.6 is 34.8 Å². The minimum atomic E-state index is -0.565. The fourth-order valence-corrected chi connectivity index (χ4v) is 2.24. The van der Waals surface area contributed by atoms with Crippen molar-refractivity contribution < 1.29 is 14.7 Å². The molecular weight excluding hydrogens is 363 g/mol. The third-order valence-electron chi connectivity index (χ3n) is 2.83. The van der Waals surface area contributed by atoms with Crippen LogP contribution in [0.25, 0.3) is 0 Å². The van der Waals surface area contributed by atoms with Gasteiger partial charge in [0.15, 0.2) is 0 Å². The third kappa shape index (κ3) is 4.51. The zero-order chi connectivity index (χ0) is 17.0. The van der Waals surface area contributed by atoms with E-state index in [4.69, 9.17) is 34.8 Å². The molecule has 2 amide bonds. The number of carbonyl (C=O) groups is 2. The van der Waals surface area contributed by atoms with Gasteiger partial charge in [0.1, 0.15) is 11.6 Å². The van der Waals surface area contributed by atoms with Crippen molar-refractivity contribution >= 4 is 58.0 Å². The molecule has 0 aromatic heterocycles. The number of hydrogen-bond donors (Lipinski definition) is 3. The van der Waals surface area contributed by atoms with E-state index in [1.54, 1.807) is 6.07 Å². The zero-order valence-electron chi connectivity index (χ0n) is 11.6. The van der Waals surface area contributed by atoms with E-state index in [9.17, 15) is 14.7 Å². The van der Waals surface area contributed by atoms with E-state index in [0.29, 0.717) is 16.4 Å². The Bertz CT molecular complexity index is 766. The van der Waals surface area contributed by atoms with Crippen LogP contribution in [0.1, 0.15) is 10.4 Å². The average molecular weight is 374 g/mol. The standard InChI is InChI=1S/C15H11Cl3N2O3/c16-7-14(22)19-9-2-3-12(11(18)6-9)20-15(23)10-5-8(17)1-4-13(10)21/h1-6,21H,7H2,(H,19,22)(H,20,23). The van der Waals surface area contributed by atoms with Crippen molar-refractivity contribution in [1.82, 2.24) is 0 Å². The van der Waals surface area contributed by atoms with Crippen LogP contribution in [0.15, 0.2) is 36.4 Å². The van der Waals surface area contributed by atoms with Crippen LogP contribution < -0.4 is 10.6 Å². The smallest absolute Gasteiger partial charge is 0.259 e. The molecule has 0 saturated carbocycles. The Hall–Kier alpha value is -1.95. The Morgan fingerprint density at radius 3 is 2.43 bits per heavy atom. The predicted molar refractivity (Wildman–Crippen MR) is 91.9 cm³/mol. The van der Waals surface area contributed by atoms with Crippen LogP contribution in [0.4, 0.5) is 11.4 Å². The van der Waals surface area contributed by atoms with Gasteiger partial charge in [-0.1, -0.05) is 23.2 Å². The second-order valence-electron chi connectivity index (χ2n) is 4.49. The van der Waals surface area contributed by atoms with Gasteiger partial charge >= 0.3 is 0 Å². The number of amides is 2. The lowest BCUT2D eigenvalue weighted by Crippen LogP contribution is -2.14. The lowest BCUT2D eigenvalue weighted by atomic mass is 10.2. The van der Waals surface area contributed by atoms with Gasteiger partial charge in [-0.3, -0.25) is 9.59 Å². The first kappa shape index (κ1) is 17.4. The summed E-state index contributed by atoms with van der Waals surface area (Å²) >= 11 is 17.3. The van der Waals surface area contributed by atoms with Gasteiger partial charge in [-0.2, -0.15) is 0 Å². The van der Waals surface area contributed by atoms with Crippen molar-refractivity contribution in [2.45, 2.75) is 0 Å². The summed E-state index contributed by atoms with van der Waals surface area (Å²) in [6, 6.07) is 8.68. The number of aromatic hydroxyl groups is 1. The first-order valence-corrected chi connectivity index (χ1v) is 7.65. The first-order valence-electron chi connectivity index (χ1n) is 6.36. The van der Waals surface area contributed by atoms with Crippen molar-refractivity contribution in [3.63, 3.8) is 0 Å². The summed E-state index contributed by atoms with van der Waals surface area (Å²) in [5, 5.41) is 15.3. The summed E-state index contributed by atoms with van der Waals surface area (Å²) < 4.78 is 0. The van der Waals surface area contributed by atoms with Crippen LogP contribution in [0.3, 0.4) is 0 Å². The highest BCUT2D eigenvalue weighted by atomic mass is 35.5. The van der Waals surface area contributed by atoms with Gasteiger partial charge in [-0.25, -0.2) is 0 Å². The molecule has 8 heteroatoms. The Kier molecular flexibility index (Phi) is 5.71. The molecule has 2 aromatic rings. The molecular formula is C15H11Cl3N2O3. The van der Waals surface area contributed by atoms with Crippen molar-refractivity contribution in [1.29, 1.82) is 0 Å². The summed E-state index contributed by atoms with van der Waals surface area (Å²) in [6.07, 6.45) is 0. The lowest BCUT2D eigenvalue weighted by molar-refractivity contribution is -0.113. The fraction of sp³-hybridized carbons (Fsp3) is 0.0667. The van der Waals surface area contributed by atoms with Gasteiger partial charge in [-0.15, -0.1) is 11.6 Å². The van der Waals surface area contributed by atoms with E-state index in [1.165, 1.54) is 30.3 Å². The van der Waals surface area contributed by atoms with Gasteiger partial charge in [0.25, 0.3) is 5.91 Å². The molecule has 2 rings (SSSR count). The maximum Gasteiger partial charge on any atom is 0.259 e. The van der Waals surface area contributed by atoms with Gasteiger partial charge in [-0.05, 0) is 36.4 Å². The molecule has 5 nitrogen and oxygen atoms in total. The molecule has 0 unspecified atom stereocenters. The van der Waals surface area contributed by atoms with Crippen LogP contribution in [-0.2, 0) is 4.79 Å². The summed E-state index contributed by atoms with van der Waals surface area (Å²) in [5.41, 5.74) is 0.789. The molecule has 0 spiro atoms. The number of halogens is 3. The van der Waals surface area contributed by atoms with E-state index < -0.39 is 5.91 Å². The topological polar surface area (TPSA) is 78.4 Å². The number of alkyl halides is 1. The minimum Gasteiger partial charge on any atom is -0.507 e. The number of nitrogens with one attached hydrogen (secondary N) is 2.